The lowest BCUT2D eigenvalue weighted by Gasteiger charge is -2.18. The third kappa shape index (κ3) is 2.03. The molecule has 0 unspecified atom stereocenters. The van der Waals surface area contributed by atoms with E-state index in [1.165, 1.54) is 40.8 Å². The van der Waals surface area contributed by atoms with Crippen LogP contribution in [0.1, 0.15) is 17.5 Å². The van der Waals surface area contributed by atoms with Gasteiger partial charge in [-0.05, 0) is 54.7 Å². The molecule has 86 valence electrons. The van der Waals surface area contributed by atoms with Crippen LogP contribution >= 0.6 is 0 Å². The molecule has 0 amide bonds. The van der Waals surface area contributed by atoms with Crippen molar-refractivity contribution in [2.45, 2.75) is 19.8 Å². The van der Waals surface area contributed by atoms with Crippen LogP contribution in [0.3, 0.4) is 0 Å². The fourth-order valence-electron chi connectivity index (χ4n) is 2.37. The highest BCUT2D eigenvalue weighted by Crippen LogP contribution is 2.28. The molecule has 0 fully saturated rings. The fourth-order valence-corrected chi connectivity index (χ4v) is 2.37. The van der Waals surface area contributed by atoms with E-state index < -0.39 is 0 Å². The van der Waals surface area contributed by atoms with Gasteiger partial charge in [0.1, 0.15) is 0 Å². The average molecular weight is 224 g/mol. The van der Waals surface area contributed by atoms with Gasteiger partial charge in [-0.3, -0.25) is 4.98 Å². The number of aryl methyl sites for hydroxylation is 2. The minimum Gasteiger partial charge on any atom is -0.385 e. The van der Waals surface area contributed by atoms with Crippen LogP contribution in [0.25, 0.3) is 11.1 Å². The van der Waals surface area contributed by atoms with Crippen molar-refractivity contribution in [1.82, 2.24) is 4.98 Å². The molecular weight excluding hydrogens is 208 g/mol. The number of hydrogen-bond donors (Lipinski definition) is 1. The molecule has 1 N–H and O–H groups in total. The van der Waals surface area contributed by atoms with Gasteiger partial charge < -0.3 is 5.32 Å². The summed E-state index contributed by atoms with van der Waals surface area (Å²) in [5.41, 5.74) is 6.40. The summed E-state index contributed by atoms with van der Waals surface area (Å²) in [6.07, 6.45) is 6.23. The Morgan fingerprint density at radius 1 is 1.12 bits per heavy atom. The third-order valence-electron chi connectivity index (χ3n) is 3.25. The normalized spacial score (nSPS) is 13.9. The van der Waals surface area contributed by atoms with E-state index in [0.717, 1.165) is 6.54 Å². The molecule has 0 spiro atoms. The van der Waals surface area contributed by atoms with E-state index in [4.69, 9.17) is 0 Å². The molecule has 2 aromatic rings. The molecule has 2 nitrogen and oxygen atoms in total. The second-order valence-corrected chi connectivity index (χ2v) is 4.65. The van der Waals surface area contributed by atoms with Gasteiger partial charge in [0.2, 0.25) is 0 Å². The number of anilines is 1. The van der Waals surface area contributed by atoms with E-state index in [-0.39, 0.29) is 0 Å². The number of aromatic nitrogens is 1. The van der Waals surface area contributed by atoms with E-state index in [9.17, 15) is 0 Å². The zero-order chi connectivity index (χ0) is 11.7. The Labute approximate surface area is 102 Å². The summed E-state index contributed by atoms with van der Waals surface area (Å²) >= 11 is 0. The Balaban J connectivity index is 2.04. The Hall–Kier alpha value is -1.83. The third-order valence-corrected chi connectivity index (χ3v) is 3.25. The van der Waals surface area contributed by atoms with Crippen LogP contribution < -0.4 is 5.32 Å². The maximum atomic E-state index is 4.26. The van der Waals surface area contributed by atoms with Crippen LogP contribution in [0.4, 0.5) is 5.69 Å². The van der Waals surface area contributed by atoms with E-state index >= 15 is 0 Å². The molecule has 0 bridgehead atoms. The van der Waals surface area contributed by atoms with Gasteiger partial charge in [0.15, 0.2) is 0 Å². The Kier molecular flexibility index (Phi) is 2.56. The molecule has 2 heterocycles. The molecular formula is C15H16N2. The molecule has 1 aliphatic rings. The first-order valence-corrected chi connectivity index (χ1v) is 6.12. The van der Waals surface area contributed by atoms with Crippen molar-refractivity contribution in [3.05, 3.63) is 47.8 Å². The smallest absolute Gasteiger partial charge is 0.0373 e. The Morgan fingerprint density at radius 3 is 2.94 bits per heavy atom. The van der Waals surface area contributed by atoms with Gasteiger partial charge >= 0.3 is 0 Å². The van der Waals surface area contributed by atoms with E-state index in [1.54, 1.807) is 0 Å². The Bertz CT molecular complexity index is 546. The second kappa shape index (κ2) is 4.21. The van der Waals surface area contributed by atoms with Crippen LogP contribution in [-0.4, -0.2) is 11.5 Å². The minimum absolute atomic E-state index is 1.10. The highest BCUT2D eigenvalue weighted by atomic mass is 14.9. The second-order valence-electron chi connectivity index (χ2n) is 4.65. The number of nitrogens with one attached hydrogen (secondary N) is 1. The van der Waals surface area contributed by atoms with Crippen molar-refractivity contribution in [3.63, 3.8) is 0 Å². The van der Waals surface area contributed by atoms with Gasteiger partial charge in [-0.2, -0.15) is 0 Å². The van der Waals surface area contributed by atoms with Crippen LogP contribution in [-0.2, 0) is 6.42 Å². The molecule has 1 aromatic heterocycles. The van der Waals surface area contributed by atoms with Crippen LogP contribution in [0.2, 0.25) is 0 Å². The van der Waals surface area contributed by atoms with Crippen molar-refractivity contribution in [1.29, 1.82) is 0 Å². The number of benzene rings is 1. The Morgan fingerprint density at radius 2 is 2.06 bits per heavy atom. The lowest BCUT2D eigenvalue weighted by molar-refractivity contribution is 0.830. The summed E-state index contributed by atoms with van der Waals surface area (Å²) in [4.78, 5) is 4.26. The molecule has 2 heteroatoms. The standard InChI is InChI=1S/C15H16N2/c1-11-7-14(10-16-9-11)12-4-5-15-13(8-12)3-2-6-17-15/h4-5,7-10,17H,2-3,6H2,1H3. The van der Waals surface area contributed by atoms with E-state index in [0.29, 0.717) is 0 Å². The van der Waals surface area contributed by atoms with E-state index in [2.05, 4.69) is 41.5 Å². The van der Waals surface area contributed by atoms with Gasteiger partial charge in [-0.15, -0.1) is 0 Å². The highest BCUT2D eigenvalue weighted by molar-refractivity contribution is 5.68. The van der Waals surface area contributed by atoms with Crippen molar-refractivity contribution in [3.8, 4) is 11.1 Å². The summed E-state index contributed by atoms with van der Waals surface area (Å²) in [5, 5.41) is 3.44. The average Bonchev–Trinajstić information content (AvgIpc) is 2.38. The van der Waals surface area contributed by atoms with Crippen molar-refractivity contribution in [2.75, 3.05) is 11.9 Å². The molecule has 17 heavy (non-hydrogen) atoms. The summed E-state index contributed by atoms with van der Waals surface area (Å²) < 4.78 is 0. The summed E-state index contributed by atoms with van der Waals surface area (Å²) in [7, 11) is 0. The highest BCUT2D eigenvalue weighted by Gasteiger charge is 2.09. The molecule has 0 saturated heterocycles. The number of pyridine rings is 1. The fraction of sp³-hybridized carbons (Fsp3) is 0.267. The number of hydrogen-bond acceptors (Lipinski definition) is 2. The molecule has 0 radical (unpaired) electrons. The number of rotatable bonds is 1. The number of nitrogens with zero attached hydrogens (tertiary/aromatic N) is 1. The summed E-state index contributed by atoms with van der Waals surface area (Å²) in [6.45, 7) is 3.18. The van der Waals surface area contributed by atoms with E-state index in [1.807, 2.05) is 12.4 Å². The zero-order valence-electron chi connectivity index (χ0n) is 10.0. The summed E-state index contributed by atoms with van der Waals surface area (Å²) in [6, 6.07) is 8.84. The quantitative estimate of drug-likeness (QED) is 0.803. The van der Waals surface area contributed by atoms with Crippen molar-refractivity contribution < 1.29 is 0 Å². The molecule has 0 atom stereocenters. The minimum atomic E-state index is 1.10. The van der Waals surface area contributed by atoms with Crippen molar-refractivity contribution in [2.24, 2.45) is 0 Å². The molecule has 0 aliphatic carbocycles. The van der Waals surface area contributed by atoms with Crippen LogP contribution in [0.15, 0.2) is 36.7 Å². The number of fused-ring (bicyclic) bond motifs is 1. The monoisotopic (exact) mass is 224 g/mol. The largest absolute Gasteiger partial charge is 0.385 e. The lowest BCUT2D eigenvalue weighted by Crippen LogP contribution is -2.11. The van der Waals surface area contributed by atoms with Gasteiger partial charge in [0, 0.05) is 30.2 Å². The predicted octanol–water partition coefficient (Wildman–Crippen LogP) is 3.42. The van der Waals surface area contributed by atoms with Gasteiger partial charge in [0.25, 0.3) is 0 Å². The SMILES string of the molecule is Cc1cncc(-c2ccc3c(c2)CCCN3)c1. The molecule has 0 saturated carbocycles. The maximum Gasteiger partial charge on any atom is 0.0373 e. The van der Waals surface area contributed by atoms with Gasteiger partial charge in [-0.1, -0.05) is 6.07 Å². The molecule has 1 aliphatic heterocycles. The maximum absolute atomic E-state index is 4.26. The van der Waals surface area contributed by atoms with Crippen molar-refractivity contribution >= 4 is 5.69 Å². The first kappa shape index (κ1) is 10.3. The van der Waals surface area contributed by atoms with Gasteiger partial charge in [0.05, 0.1) is 0 Å². The first-order chi connectivity index (χ1) is 8.33. The van der Waals surface area contributed by atoms with Gasteiger partial charge in [-0.25, -0.2) is 0 Å². The lowest BCUT2D eigenvalue weighted by atomic mass is 9.97. The molecule has 3 rings (SSSR count). The first-order valence-electron chi connectivity index (χ1n) is 6.12. The topological polar surface area (TPSA) is 24.9 Å². The van der Waals surface area contributed by atoms with Crippen LogP contribution in [0.5, 0.6) is 0 Å². The summed E-state index contributed by atoms with van der Waals surface area (Å²) in [5.74, 6) is 0. The molecule has 1 aromatic carbocycles. The predicted molar refractivity (Wildman–Crippen MR) is 71.2 cm³/mol. The zero-order valence-corrected chi connectivity index (χ0v) is 10.0. The van der Waals surface area contributed by atoms with Crippen LogP contribution in [0, 0.1) is 6.92 Å².